The van der Waals surface area contributed by atoms with Crippen molar-refractivity contribution in [3.05, 3.63) is 35.6 Å². The zero-order valence-electron chi connectivity index (χ0n) is 9.69. The van der Waals surface area contributed by atoms with Gasteiger partial charge in [0.15, 0.2) is 0 Å². The van der Waals surface area contributed by atoms with Gasteiger partial charge < -0.3 is 4.90 Å². The topological polar surface area (TPSA) is 32.3 Å². The molecule has 90 valence electrons. The molecule has 3 nitrogen and oxygen atoms in total. The molecule has 2 aliphatic rings. The first-order valence-electron chi connectivity index (χ1n) is 6.00. The summed E-state index contributed by atoms with van der Waals surface area (Å²) >= 11 is 0. The first kappa shape index (κ1) is 10.7. The summed E-state index contributed by atoms with van der Waals surface area (Å²) in [5, 5.41) is 3.26. The van der Waals surface area contributed by atoms with Crippen LogP contribution in [0.1, 0.15) is 31.5 Å². The molecule has 17 heavy (non-hydrogen) atoms. The molecule has 1 aliphatic carbocycles. The Morgan fingerprint density at radius 2 is 1.94 bits per heavy atom. The van der Waals surface area contributed by atoms with Gasteiger partial charge in [0.1, 0.15) is 12.0 Å². The Morgan fingerprint density at radius 1 is 1.29 bits per heavy atom. The monoisotopic (exact) mass is 234 g/mol. The minimum absolute atomic E-state index is 0.0920. The predicted molar refractivity (Wildman–Crippen MR) is 61.6 cm³/mol. The Morgan fingerprint density at radius 3 is 2.53 bits per heavy atom. The van der Waals surface area contributed by atoms with Crippen LogP contribution >= 0.6 is 0 Å². The Bertz CT molecular complexity index is 441. The van der Waals surface area contributed by atoms with Gasteiger partial charge in [-0.05, 0) is 37.5 Å². The highest BCUT2D eigenvalue weighted by atomic mass is 19.1. The standard InChI is InChI=1S/C13H15FN2O/c1-8-13(17)16(11-6-7-11)12(15-8)9-2-4-10(14)5-3-9/h2-5,8,11-12,15H,6-7H2,1H3. The highest BCUT2D eigenvalue weighted by molar-refractivity contribution is 5.84. The molecule has 1 heterocycles. The third-order valence-electron chi connectivity index (χ3n) is 3.44. The molecule has 2 fully saturated rings. The van der Waals surface area contributed by atoms with E-state index in [1.807, 2.05) is 11.8 Å². The molecule has 0 radical (unpaired) electrons. The van der Waals surface area contributed by atoms with E-state index < -0.39 is 0 Å². The van der Waals surface area contributed by atoms with Crippen molar-refractivity contribution < 1.29 is 9.18 Å². The summed E-state index contributed by atoms with van der Waals surface area (Å²) < 4.78 is 12.9. The van der Waals surface area contributed by atoms with Crippen molar-refractivity contribution in [2.75, 3.05) is 0 Å². The maximum atomic E-state index is 12.9. The average molecular weight is 234 g/mol. The van der Waals surface area contributed by atoms with Crippen LogP contribution in [0.2, 0.25) is 0 Å². The smallest absolute Gasteiger partial charge is 0.241 e. The van der Waals surface area contributed by atoms with Crippen LogP contribution in [0.25, 0.3) is 0 Å². The van der Waals surface area contributed by atoms with Gasteiger partial charge in [-0.3, -0.25) is 10.1 Å². The molecule has 1 aromatic rings. The van der Waals surface area contributed by atoms with Gasteiger partial charge in [-0.2, -0.15) is 0 Å². The lowest BCUT2D eigenvalue weighted by Gasteiger charge is -2.24. The van der Waals surface area contributed by atoms with Gasteiger partial charge in [-0.15, -0.1) is 0 Å². The van der Waals surface area contributed by atoms with E-state index in [-0.39, 0.29) is 23.9 Å². The van der Waals surface area contributed by atoms with E-state index in [1.165, 1.54) is 12.1 Å². The van der Waals surface area contributed by atoms with Crippen molar-refractivity contribution in [3.63, 3.8) is 0 Å². The quantitative estimate of drug-likeness (QED) is 0.846. The second-order valence-electron chi connectivity index (χ2n) is 4.82. The average Bonchev–Trinajstić information content (AvgIpc) is 3.09. The van der Waals surface area contributed by atoms with Gasteiger partial charge in [0, 0.05) is 6.04 Å². The molecule has 2 atom stereocenters. The van der Waals surface area contributed by atoms with Gasteiger partial charge >= 0.3 is 0 Å². The predicted octanol–water partition coefficient (Wildman–Crippen LogP) is 1.81. The van der Waals surface area contributed by atoms with E-state index >= 15 is 0 Å². The van der Waals surface area contributed by atoms with Crippen LogP contribution in [0.5, 0.6) is 0 Å². The van der Waals surface area contributed by atoms with E-state index in [1.54, 1.807) is 12.1 Å². The molecule has 3 rings (SSSR count). The van der Waals surface area contributed by atoms with Crippen molar-refractivity contribution in [2.24, 2.45) is 0 Å². The van der Waals surface area contributed by atoms with Crippen molar-refractivity contribution in [1.82, 2.24) is 10.2 Å². The second-order valence-corrected chi connectivity index (χ2v) is 4.82. The van der Waals surface area contributed by atoms with E-state index in [2.05, 4.69) is 5.32 Å². The molecule has 2 unspecified atom stereocenters. The summed E-state index contributed by atoms with van der Waals surface area (Å²) in [5.41, 5.74) is 0.955. The number of nitrogens with one attached hydrogen (secondary N) is 1. The Hall–Kier alpha value is -1.42. The Balaban J connectivity index is 1.90. The molecule has 0 bridgehead atoms. The van der Waals surface area contributed by atoms with E-state index in [4.69, 9.17) is 0 Å². The Labute approximate surface area is 99.6 Å². The maximum absolute atomic E-state index is 12.9. The number of hydrogen-bond donors (Lipinski definition) is 1. The van der Waals surface area contributed by atoms with Gasteiger partial charge in [0.05, 0.1) is 6.04 Å². The van der Waals surface area contributed by atoms with Crippen molar-refractivity contribution in [1.29, 1.82) is 0 Å². The molecule has 1 amide bonds. The zero-order chi connectivity index (χ0) is 12.0. The van der Waals surface area contributed by atoms with Crippen LogP contribution in [0.15, 0.2) is 24.3 Å². The zero-order valence-corrected chi connectivity index (χ0v) is 9.69. The van der Waals surface area contributed by atoms with Crippen LogP contribution in [-0.4, -0.2) is 22.9 Å². The first-order valence-corrected chi connectivity index (χ1v) is 6.00. The fraction of sp³-hybridized carbons (Fsp3) is 0.462. The molecule has 4 heteroatoms. The number of carbonyl (C=O) groups is 1. The summed E-state index contributed by atoms with van der Waals surface area (Å²) in [5.74, 6) is -0.0917. The summed E-state index contributed by atoms with van der Waals surface area (Å²) in [6, 6.07) is 6.59. The molecule has 0 spiro atoms. The number of carbonyl (C=O) groups excluding carboxylic acids is 1. The highest BCUT2D eigenvalue weighted by Gasteiger charge is 2.44. The van der Waals surface area contributed by atoms with E-state index in [0.29, 0.717) is 6.04 Å². The summed E-state index contributed by atoms with van der Waals surface area (Å²) in [6.45, 7) is 1.88. The minimum Gasteiger partial charge on any atom is -0.319 e. The largest absolute Gasteiger partial charge is 0.319 e. The summed E-state index contributed by atoms with van der Waals surface area (Å²) in [7, 11) is 0. The maximum Gasteiger partial charge on any atom is 0.241 e. The molecular formula is C13H15FN2O. The van der Waals surface area contributed by atoms with Gasteiger partial charge in [-0.25, -0.2) is 4.39 Å². The fourth-order valence-electron chi connectivity index (χ4n) is 2.38. The first-order chi connectivity index (χ1) is 8.16. The Kier molecular flexibility index (Phi) is 2.40. The van der Waals surface area contributed by atoms with Crippen molar-refractivity contribution in [2.45, 2.75) is 38.0 Å². The van der Waals surface area contributed by atoms with Crippen LogP contribution in [0.4, 0.5) is 4.39 Å². The normalized spacial score (nSPS) is 28.8. The fourth-order valence-corrected chi connectivity index (χ4v) is 2.38. The lowest BCUT2D eigenvalue weighted by Crippen LogP contribution is -2.32. The molecule has 0 aromatic heterocycles. The van der Waals surface area contributed by atoms with Gasteiger partial charge in [0.2, 0.25) is 5.91 Å². The number of hydrogen-bond acceptors (Lipinski definition) is 2. The van der Waals surface area contributed by atoms with Gasteiger partial charge in [-0.1, -0.05) is 12.1 Å². The van der Waals surface area contributed by atoms with Crippen molar-refractivity contribution in [3.8, 4) is 0 Å². The van der Waals surface area contributed by atoms with Crippen molar-refractivity contribution >= 4 is 5.91 Å². The van der Waals surface area contributed by atoms with Crippen LogP contribution in [0.3, 0.4) is 0 Å². The number of benzene rings is 1. The number of nitrogens with zero attached hydrogens (tertiary/aromatic N) is 1. The highest BCUT2D eigenvalue weighted by Crippen LogP contribution is 2.37. The third-order valence-corrected chi connectivity index (χ3v) is 3.44. The lowest BCUT2D eigenvalue weighted by molar-refractivity contribution is -0.130. The minimum atomic E-state index is -0.246. The molecular weight excluding hydrogens is 219 g/mol. The number of rotatable bonds is 2. The molecule has 1 N–H and O–H groups in total. The van der Waals surface area contributed by atoms with Crippen LogP contribution in [-0.2, 0) is 4.79 Å². The molecule has 1 aliphatic heterocycles. The second kappa shape index (κ2) is 3.81. The van der Waals surface area contributed by atoms with E-state index in [0.717, 1.165) is 18.4 Å². The summed E-state index contributed by atoms with van der Waals surface area (Å²) in [6.07, 6.45) is 2.07. The van der Waals surface area contributed by atoms with Crippen LogP contribution in [0, 0.1) is 5.82 Å². The third kappa shape index (κ3) is 1.82. The SMILES string of the molecule is CC1NC(c2ccc(F)cc2)N(C2CC2)C1=O. The lowest BCUT2D eigenvalue weighted by atomic mass is 10.1. The van der Waals surface area contributed by atoms with Crippen LogP contribution < -0.4 is 5.32 Å². The van der Waals surface area contributed by atoms with Gasteiger partial charge in [0.25, 0.3) is 0 Å². The summed E-state index contributed by atoms with van der Waals surface area (Å²) in [4.78, 5) is 13.9. The van der Waals surface area contributed by atoms with E-state index in [9.17, 15) is 9.18 Å². The number of amides is 1. The molecule has 1 saturated heterocycles. The number of halogens is 1. The molecule has 1 saturated carbocycles. The molecule has 1 aromatic carbocycles.